The highest BCUT2D eigenvalue weighted by atomic mass is 16.5. The molecular weight excluding hydrogens is 450 g/mol. The number of fused-ring (bicyclic) bond motifs is 1. The number of benzene rings is 2. The lowest BCUT2D eigenvalue weighted by Gasteiger charge is -2.16. The normalized spacial score (nSPS) is 12.9. The number of amides is 1. The van der Waals surface area contributed by atoms with Crippen molar-refractivity contribution in [3.8, 4) is 28.1 Å². The first-order chi connectivity index (χ1) is 17.5. The number of nitrogens with two attached hydrogens (primary N) is 1. The standard InChI is InChI=1S/C29H31N5O2/c1-19(2)25-8-3-20(17-23(25)9-12-30)18-36-24-6-4-21(5-7-24)26-27(22-10-13-31-14-11-22)33-34-16-15-32-29(35)28(26)34/h3-8,10-11,13-14,17,19H,9,12,15-16,18,30H2,1-2H3,(H,32,35). The molecular formula is C29H31N5O2. The molecule has 4 aromatic rings. The second-order valence-corrected chi connectivity index (χ2v) is 9.33. The third-order valence-electron chi connectivity index (χ3n) is 6.52. The van der Waals surface area contributed by atoms with Gasteiger partial charge in [-0.2, -0.15) is 5.10 Å². The Morgan fingerprint density at radius 1 is 1.06 bits per heavy atom. The summed E-state index contributed by atoms with van der Waals surface area (Å²) in [5.41, 5.74) is 13.6. The first-order valence-electron chi connectivity index (χ1n) is 12.4. The minimum Gasteiger partial charge on any atom is -0.489 e. The van der Waals surface area contributed by atoms with E-state index in [-0.39, 0.29) is 5.91 Å². The predicted octanol–water partition coefficient (Wildman–Crippen LogP) is 4.56. The predicted molar refractivity (Wildman–Crippen MR) is 141 cm³/mol. The lowest BCUT2D eigenvalue weighted by atomic mass is 9.93. The molecule has 0 fully saturated rings. The van der Waals surface area contributed by atoms with Crippen LogP contribution < -0.4 is 15.8 Å². The zero-order valence-electron chi connectivity index (χ0n) is 20.7. The van der Waals surface area contributed by atoms with Gasteiger partial charge in [0.2, 0.25) is 0 Å². The van der Waals surface area contributed by atoms with E-state index in [9.17, 15) is 4.79 Å². The molecule has 0 atom stereocenters. The van der Waals surface area contributed by atoms with E-state index in [1.807, 2.05) is 36.4 Å². The first kappa shape index (κ1) is 23.8. The number of nitrogens with zero attached hydrogens (tertiary/aromatic N) is 3. The highest BCUT2D eigenvalue weighted by Crippen LogP contribution is 2.36. The Labute approximate surface area is 211 Å². The number of aromatic nitrogens is 3. The van der Waals surface area contributed by atoms with Gasteiger partial charge in [0, 0.05) is 30.1 Å². The van der Waals surface area contributed by atoms with Crippen LogP contribution in [0.25, 0.3) is 22.4 Å². The summed E-state index contributed by atoms with van der Waals surface area (Å²) in [5, 5.41) is 7.72. The van der Waals surface area contributed by atoms with Crippen LogP contribution >= 0.6 is 0 Å². The molecule has 7 nitrogen and oxygen atoms in total. The monoisotopic (exact) mass is 481 g/mol. The van der Waals surface area contributed by atoms with Gasteiger partial charge in [0.1, 0.15) is 23.7 Å². The lowest BCUT2D eigenvalue weighted by molar-refractivity contribution is 0.0925. The third-order valence-corrected chi connectivity index (χ3v) is 6.52. The van der Waals surface area contributed by atoms with E-state index in [1.54, 1.807) is 17.1 Å². The van der Waals surface area contributed by atoms with Crippen LogP contribution in [0.2, 0.25) is 0 Å². The molecule has 1 amide bonds. The summed E-state index contributed by atoms with van der Waals surface area (Å²) < 4.78 is 7.91. The van der Waals surface area contributed by atoms with Crippen LogP contribution in [0.4, 0.5) is 0 Å². The van der Waals surface area contributed by atoms with Gasteiger partial charge in [0.25, 0.3) is 5.91 Å². The largest absolute Gasteiger partial charge is 0.489 e. The highest BCUT2D eigenvalue weighted by Gasteiger charge is 2.27. The van der Waals surface area contributed by atoms with E-state index in [2.05, 4.69) is 42.3 Å². The summed E-state index contributed by atoms with van der Waals surface area (Å²) in [6.45, 7) is 6.72. The summed E-state index contributed by atoms with van der Waals surface area (Å²) in [7, 11) is 0. The molecule has 36 heavy (non-hydrogen) atoms. The van der Waals surface area contributed by atoms with Gasteiger partial charge < -0.3 is 15.8 Å². The molecule has 184 valence electrons. The van der Waals surface area contributed by atoms with Gasteiger partial charge >= 0.3 is 0 Å². The molecule has 2 aromatic carbocycles. The van der Waals surface area contributed by atoms with E-state index in [4.69, 9.17) is 15.6 Å². The molecule has 0 saturated carbocycles. The Morgan fingerprint density at radius 2 is 1.83 bits per heavy atom. The third kappa shape index (κ3) is 4.75. The number of nitrogens with one attached hydrogen (secondary N) is 1. The molecule has 1 aliphatic heterocycles. The maximum atomic E-state index is 12.8. The fraction of sp³-hybridized carbons (Fsp3) is 0.276. The summed E-state index contributed by atoms with van der Waals surface area (Å²) in [6.07, 6.45) is 4.33. The molecule has 3 N–H and O–H groups in total. The Bertz CT molecular complexity index is 1360. The van der Waals surface area contributed by atoms with Crippen molar-refractivity contribution in [2.45, 2.75) is 39.3 Å². The average Bonchev–Trinajstić information content (AvgIpc) is 3.29. The molecule has 1 aliphatic rings. The molecule has 7 heteroatoms. The fourth-order valence-corrected chi connectivity index (χ4v) is 4.77. The topological polar surface area (TPSA) is 95.1 Å². The molecule has 0 spiro atoms. The summed E-state index contributed by atoms with van der Waals surface area (Å²) in [4.78, 5) is 16.9. The molecule has 0 unspecified atom stereocenters. The van der Waals surface area contributed by atoms with E-state index < -0.39 is 0 Å². The molecule has 5 rings (SSSR count). The molecule has 0 saturated heterocycles. The van der Waals surface area contributed by atoms with Gasteiger partial charge in [0.15, 0.2) is 0 Å². The van der Waals surface area contributed by atoms with E-state index in [0.717, 1.165) is 40.1 Å². The van der Waals surface area contributed by atoms with Gasteiger partial charge in [-0.25, -0.2) is 0 Å². The molecule has 0 aliphatic carbocycles. The molecule has 0 bridgehead atoms. The summed E-state index contributed by atoms with van der Waals surface area (Å²) in [6, 6.07) is 18.2. The van der Waals surface area contributed by atoms with Crippen molar-refractivity contribution >= 4 is 5.91 Å². The maximum absolute atomic E-state index is 12.8. The van der Waals surface area contributed by atoms with Crippen molar-refractivity contribution in [3.05, 3.63) is 89.4 Å². The van der Waals surface area contributed by atoms with Crippen LogP contribution in [0, 0.1) is 0 Å². The van der Waals surface area contributed by atoms with Gasteiger partial charge in [-0.05, 0) is 65.4 Å². The van der Waals surface area contributed by atoms with Crippen molar-refractivity contribution in [2.75, 3.05) is 13.1 Å². The fourth-order valence-electron chi connectivity index (χ4n) is 4.77. The number of rotatable bonds is 8. The second kappa shape index (κ2) is 10.3. The van der Waals surface area contributed by atoms with Gasteiger partial charge in [-0.1, -0.05) is 44.2 Å². The van der Waals surface area contributed by atoms with Crippen molar-refractivity contribution in [1.29, 1.82) is 0 Å². The Balaban J connectivity index is 1.40. The highest BCUT2D eigenvalue weighted by molar-refractivity contribution is 6.03. The van der Waals surface area contributed by atoms with Crippen molar-refractivity contribution in [1.82, 2.24) is 20.1 Å². The molecule has 2 aromatic heterocycles. The van der Waals surface area contributed by atoms with Crippen LogP contribution in [0.3, 0.4) is 0 Å². The van der Waals surface area contributed by atoms with Crippen molar-refractivity contribution < 1.29 is 9.53 Å². The van der Waals surface area contributed by atoms with Gasteiger partial charge in [0.05, 0.1) is 6.54 Å². The van der Waals surface area contributed by atoms with Crippen LogP contribution in [-0.4, -0.2) is 33.8 Å². The van der Waals surface area contributed by atoms with Crippen LogP contribution in [0.5, 0.6) is 5.75 Å². The van der Waals surface area contributed by atoms with Crippen LogP contribution in [-0.2, 0) is 19.6 Å². The number of carbonyl (C=O) groups is 1. The minimum absolute atomic E-state index is 0.109. The number of ether oxygens (including phenoxy) is 1. The lowest BCUT2D eigenvalue weighted by Crippen LogP contribution is -2.35. The molecule has 0 radical (unpaired) electrons. The zero-order chi connectivity index (χ0) is 25.1. The number of carbonyl (C=O) groups excluding carboxylic acids is 1. The average molecular weight is 482 g/mol. The number of pyridine rings is 1. The van der Waals surface area contributed by atoms with Crippen LogP contribution in [0.1, 0.15) is 46.9 Å². The van der Waals surface area contributed by atoms with Crippen molar-refractivity contribution in [2.24, 2.45) is 5.73 Å². The van der Waals surface area contributed by atoms with Gasteiger partial charge in [-0.15, -0.1) is 0 Å². The maximum Gasteiger partial charge on any atom is 0.270 e. The van der Waals surface area contributed by atoms with E-state index in [1.165, 1.54) is 11.1 Å². The Hall–Kier alpha value is -3.97. The molecule has 3 heterocycles. The number of hydrogen-bond acceptors (Lipinski definition) is 5. The first-order valence-corrected chi connectivity index (χ1v) is 12.4. The second-order valence-electron chi connectivity index (χ2n) is 9.33. The van der Waals surface area contributed by atoms with E-state index >= 15 is 0 Å². The minimum atomic E-state index is -0.109. The smallest absolute Gasteiger partial charge is 0.270 e. The summed E-state index contributed by atoms with van der Waals surface area (Å²) in [5.74, 6) is 1.12. The SMILES string of the molecule is CC(C)c1ccc(COc2ccc(-c3c(-c4ccncc4)nn4c3C(=O)NCC4)cc2)cc1CCN. The van der Waals surface area contributed by atoms with E-state index in [0.29, 0.717) is 37.9 Å². The number of hydrogen-bond donors (Lipinski definition) is 2. The van der Waals surface area contributed by atoms with Crippen LogP contribution in [0.15, 0.2) is 67.0 Å². The van der Waals surface area contributed by atoms with Crippen molar-refractivity contribution in [3.63, 3.8) is 0 Å². The Kier molecular flexibility index (Phi) is 6.82. The van der Waals surface area contributed by atoms with Gasteiger partial charge in [-0.3, -0.25) is 14.5 Å². The Morgan fingerprint density at radius 3 is 2.56 bits per heavy atom. The summed E-state index contributed by atoms with van der Waals surface area (Å²) >= 11 is 0. The quantitative estimate of drug-likeness (QED) is 0.385. The zero-order valence-corrected chi connectivity index (χ0v) is 20.7.